The first-order valence-electron chi connectivity index (χ1n) is 10.7. The molecule has 0 saturated heterocycles. The Labute approximate surface area is 208 Å². The van der Waals surface area contributed by atoms with Crippen molar-refractivity contribution < 1.29 is 9.53 Å². The minimum absolute atomic E-state index is 0.0974. The Morgan fingerprint density at radius 3 is 2.09 bits per heavy atom. The zero-order valence-corrected chi connectivity index (χ0v) is 20.1. The highest BCUT2D eigenvalue weighted by molar-refractivity contribution is 8.13. The largest absolute Gasteiger partial charge is 0.497 e. The summed E-state index contributed by atoms with van der Waals surface area (Å²) in [5, 5.41) is 0.391. The van der Waals surface area contributed by atoms with Crippen molar-refractivity contribution in [1.29, 1.82) is 0 Å². The van der Waals surface area contributed by atoms with Gasteiger partial charge in [0.25, 0.3) is 0 Å². The predicted molar refractivity (Wildman–Crippen MR) is 143 cm³/mol. The highest BCUT2D eigenvalue weighted by Gasteiger charge is 2.13. The molecular weight excluding hydrogens is 462 g/mol. The molecule has 0 aromatic heterocycles. The van der Waals surface area contributed by atoms with E-state index in [1.54, 1.807) is 25.3 Å². The average Bonchev–Trinajstić information content (AvgIpc) is 2.89. The molecule has 0 aliphatic heterocycles. The zero-order valence-electron chi connectivity index (χ0n) is 18.6. The van der Waals surface area contributed by atoms with E-state index in [2.05, 4.69) is 10.9 Å². The van der Waals surface area contributed by atoms with Gasteiger partial charge in [0.05, 0.1) is 23.9 Å². The number of nitrogens with zero attached hydrogens (tertiary/aromatic N) is 1. The maximum atomic E-state index is 13.1. The van der Waals surface area contributed by atoms with E-state index in [-0.39, 0.29) is 5.12 Å². The van der Waals surface area contributed by atoms with Gasteiger partial charge in [-0.15, -0.1) is 0 Å². The van der Waals surface area contributed by atoms with Gasteiger partial charge in [-0.25, -0.2) is 4.99 Å². The van der Waals surface area contributed by atoms with Gasteiger partial charge < -0.3 is 4.74 Å². The van der Waals surface area contributed by atoms with Crippen LogP contribution in [0.1, 0.15) is 27.0 Å². The van der Waals surface area contributed by atoms with E-state index < -0.39 is 0 Å². The van der Waals surface area contributed by atoms with E-state index in [1.807, 2.05) is 84.9 Å². The molecule has 4 rings (SSSR count). The van der Waals surface area contributed by atoms with Gasteiger partial charge in [0, 0.05) is 10.8 Å². The van der Waals surface area contributed by atoms with Crippen molar-refractivity contribution in [1.82, 2.24) is 0 Å². The lowest BCUT2D eigenvalue weighted by Crippen LogP contribution is -1.96. The molecule has 0 amide bonds. The SMILES string of the molecule is COc1ccc(CSC(=O)c2cc(Cl)ccc2N=C=C(c2ccccc2)c2ccccc2)cc1. The summed E-state index contributed by atoms with van der Waals surface area (Å²) in [7, 11) is 1.63. The Bertz CT molecular complexity index is 1290. The quantitative estimate of drug-likeness (QED) is 0.251. The average molecular weight is 484 g/mol. The van der Waals surface area contributed by atoms with E-state index >= 15 is 0 Å². The molecule has 0 bridgehead atoms. The van der Waals surface area contributed by atoms with Crippen molar-refractivity contribution >= 4 is 45.6 Å². The normalized spacial score (nSPS) is 10.3. The van der Waals surface area contributed by atoms with Crippen molar-refractivity contribution in [3.8, 4) is 5.75 Å². The fourth-order valence-electron chi connectivity index (χ4n) is 3.34. The maximum Gasteiger partial charge on any atom is 0.221 e. The van der Waals surface area contributed by atoms with Crippen LogP contribution < -0.4 is 4.74 Å². The Kier molecular flexibility index (Phi) is 8.00. The fraction of sp³-hybridized carbons (Fsp3) is 0.0690. The summed E-state index contributed by atoms with van der Waals surface area (Å²) in [6.07, 6.45) is 0. The smallest absolute Gasteiger partial charge is 0.221 e. The molecule has 0 saturated carbocycles. The van der Waals surface area contributed by atoms with Crippen LogP contribution in [0.5, 0.6) is 5.75 Å². The summed E-state index contributed by atoms with van der Waals surface area (Å²) in [6, 6.07) is 32.7. The molecule has 168 valence electrons. The molecule has 0 spiro atoms. The molecule has 4 aromatic carbocycles. The Balaban J connectivity index is 1.66. The molecule has 0 unspecified atom stereocenters. The van der Waals surface area contributed by atoms with Crippen LogP contribution in [0, 0.1) is 0 Å². The van der Waals surface area contributed by atoms with Gasteiger partial charge in [-0.2, -0.15) is 0 Å². The Hall–Kier alpha value is -3.56. The van der Waals surface area contributed by atoms with E-state index in [1.165, 1.54) is 11.8 Å². The minimum Gasteiger partial charge on any atom is -0.497 e. The van der Waals surface area contributed by atoms with Gasteiger partial charge in [0.2, 0.25) is 5.12 Å². The molecule has 0 aliphatic rings. The van der Waals surface area contributed by atoms with E-state index in [9.17, 15) is 4.79 Å². The summed E-state index contributed by atoms with van der Waals surface area (Å²) in [4.78, 5) is 17.7. The van der Waals surface area contributed by atoms with Crippen molar-refractivity contribution in [2.24, 2.45) is 4.99 Å². The summed E-state index contributed by atoms with van der Waals surface area (Å²) < 4.78 is 5.19. The summed E-state index contributed by atoms with van der Waals surface area (Å²) in [6.45, 7) is 0. The molecular formula is C29H22ClNO2S. The van der Waals surface area contributed by atoms with E-state index in [4.69, 9.17) is 16.3 Å². The van der Waals surface area contributed by atoms with Crippen molar-refractivity contribution in [2.75, 3.05) is 7.11 Å². The van der Waals surface area contributed by atoms with Crippen LogP contribution in [-0.2, 0) is 5.75 Å². The molecule has 0 heterocycles. The molecule has 0 radical (unpaired) electrons. The molecule has 4 aromatic rings. The number of benzene rings is 4. The second-order valence-electron chi connectivity index (χ2n) is 7.42. The maximum absolute atomic E-state index is 13.1. The Morgan fingerprint density at radius 2 is 1.50 bits per heavy atom. The number of halogens is 1. The first-order valence-corrected chi connectivity index (χ1v) is 12.0. The van der Waals surface area contributed by atoms with Crippen LogP contribution in [0.2, 0.25) is 5.02 Å². The van der Waals surface area contributed by atoms with Crippen molar-refractivity contribution in [3.63, 3.8) is 0 Å². The minimum atomic E-state index is -0.0974. The molecule has 0 N–H and O–H groups in total. The van der Waals surface area contributed by atoms with Gasteiger partial charge in [0.15, 0.2) is 0 Å². The molecule has 34 heavy (non-hydrogen) atoms. The van der Waals surface area contributed by atoms with Crippen LogP contribution in [0.15, 0.2) is 108 Å². The molecule has 0 aliphatic carbocycles. The second kappa shape index (κ2) is 11.5. The number of carbonyl (C=O) groups is 1. The third-order valence-electron chi connectivity index (χ3n) is 5.12. The molecule has 0 fully saturated rings. The lowest BCUT2D eigenvalue weighted by molar-refractivity contribution is 0.108. The number of ether oxygens (including phenoxy) is 1. The topological polar surface area (TPSA) is 38.7 Å². The van der Waals surface area contributed by atoms with Crippen molar-refractivity contribution in [2.45, 2.75) is 5.75 Å². The lowest BCUT2D eigenvalue weighted by atomic mass is 9.99. The number of hydrogen-bond donors (Lipinski definition) is 0. The fourth-order valence-corrected chi connectivity index (χ4v) is 4.32. The van der Waals surface area contributed by atoms with Crippen LogP contribution in [-0.4, -0.2) is 18.1 Å². The highest BCUT2D eigenvalue weighted by atomic mass is 35.5. The van der Waals surface area contributed by atoms with Crippen LogP contribution in [0.25, 0.3) is 5.57 Å². The van der Waals surface area contributed by atoms with E-state index in [0.717, 1.165) is 28.0 Å². The Morgan fingerprint density at radius 1 is 0.882 bits per heavy atom. The van der Waals surface area contributed by atoms with Crippen LogP contribution in [0.3, 0.4) is 0 Å². The molecule has 3 nitrogen and oxygen atoms in total. The third-order valence-corrected chi connectivity index (χ3v) is 6.32. The lowest BCUT2D eigenvalue weighted by Gasteiger charge is -2.07. The van der Waals surface area contributed by atoms with Crippen molar-refractivity contribution in [3.05, 3.63) is 130 Å². The summed E-state index contributed by atoms with van der Waals surface area (Å²) in [5.41, 5.74) is 4.85. The number of aliphatic imine (C=N–C) groups is 1. The highest BCUT2D eigenvalue weighted by Crippen LogP contribution is 2.29. The van der Waals surface area contributed by atoms with Gasteiger partial charge in [-0.05, 0) is 52.9 Å². The zero-order chi connectivity index (χ0) is 23.8. The first kappa shape index (κ1) is 23.6. The van der Waals surface area contributed by atoms with Crippen LogP contribution in [0.4, 0.5) is 5.69 Å². The van der Waals surface area contributed by atoms with E-state index in [0.29, 0.717) is 22.0 Å². The van der Waals surface area contributed by atoms with Gasteiger partial charge in [-0.3, -0.25) is 4.79 Å². The van der Waals surface area contributed by atoms with Crippen LogP contribution >= 0.6 is 23.4 Å². The van der Waals surface area contributed by atoms with Gasteiger partial charge in [-0.1, -0.05) is 96.2 Å². The number of thioether (sulfide) groups is 1. The third kappa shape index (κ3) is 6.06. The van der Waals surface area contributed by atoms with Gasteiger partial charge in [0.1, 0.15) is 5.75 Å². The predicted octanol–water partition coefficient (Wildman–Crippen LogP) is 7.86. The first-order chi connectivity index (χ1) is 16.6. The second-order valence-corrected chi connectivity index (χ2v) is 8.80. The number of methoxy groups -OCH3 is 1. The molecule has 0 atom stereocenters. The number of hydrogen-bond acceptors (Lipinski definition) is 4. The molecule has 5 heteroatoms. The van der Waals surface area contributed by atoms with Gasteiger partial charge >= 0.3 is 0 Å². The number of carbonyl (C=O) groups excluding carboxylic acids is 1. The standard InChI is InChI=1S/C29H22ClNO2S/c1-33-25-15-12-21(13-16-25)20-34-29(32)26-18-24(30)14-17-28(26)31-19-27(22-8-4-2-5-9-22)23-10-6-3-7-11-23/h2-18H,20H2,1H3. The summed E-state index contributed by atoms with van der Waals surface area (Å²) >= 11 is 7.44. The summed E-state index contributed by atoms with van der Waals surface area (Å²) in [5.74, 6) is 4.51. The number of rotatable bonds is 7. The monoisotopic (exact) mass is 483 g/mol.